The zero-order valence-electron chi connectivity index (χ0n) is 12.4. The fourth-order valence-electron chi connectivity index (χ4n) is 1.69. The number of hydrogen-bond donors (Lipinski definition) is 0. The second kappa shape index (κ2) is 9.08. The minimum Gasteiger partial charge on any atom is -0.872 e. The molecule has 0 saturated heterocycles. The Hall–Kier alpha value is 0.660. The van der Waals surface area contributed by atoms with E-state index in [-0.39, 0.29) is 41.2 Å². The number of rotatable bonds is 0. The second-order valence-corrected chi connectivity index (χ2v) is 6.65. The van der Waals surface area contributed by atoms with E-state index in [1.54, 1.807) is 12.1 Å². The molecule has 1 nitrogen and oxygen atoms in total. The Kier molecular flexibility index (Phi) is 9.36. The Morgan fingerprint density at radius 3 is 1.90 bits per heavy atom. The quantitative estimate of drug-likeness (QED) is 0.505. The van der Waals surface area contributed by atoms with Crippen molar-refractivity contribution >= 4 is 46.4 Å². The topological polar surface area (TPSA) is 23.1 Å². The Labute approximate surface area is 168 Å². The number of allylic oxidation sites excluding steroid dienone is 4. The number of para-hydroxylation sites is 1. The van der Waals surface area contributed by atoms with Crippen LogP contribution < -0.4 is 34.7 Å². The van der Waals surface area contributed by atoms with Crippen LogP contribution in [0.3, 0.4) is 0 Å². The molecule has 0 heterocycles. The van der Waals surface area contributed by atoms with E-state index in [4.69, 9.17) is 46.4 Å². The first-order chi connectivity index (χ1) is 9.19. The summed E-state index contributed by atoms with van der Waals surface area (Å²) < 4.78 is 0. The first-order valence-electron chi connectivity index (χ1n) is 6.03. The van der Waals surface area contributed by atoms with Gasteiger partial charge in [0.15, 0.2) is 0 Å². The molecule has 0 aliphatic heterocycles. The van der Waals surface area contributed by atoms with Crippen molar-refractivity contribution in [2.45, 2.75) is 25.6 Å². The minimum atomic E-state index is -0.638. The third-order valence-corrected chi connectivity index (χ3v) is 5.62. The molecule has 2 unspecified atom stereocenters. The van der Waals surface area contributed by atoms with Gasteiger partial charge >= 0.3 is 29.6 Å². The summed E-state index contributed by atoms with van der Waals surface area (Å²) in [6.45, 7) is 5.74. The van der Waals surface area contributed by atoms with Gasteiger partial charge in [-0.05, 0) is 19.4 Å². The second-order valence-electron chi connectivity index (χ2n) is 4.74. The molecule has 21 heavy (non-hydrogen) atoms. The fraction of sp³-hybridized carbons (Fsp3) is 0.333. The molecule has 0 N–H and O–H groups in total. The van der Waals surface area contributed by atoms with Crippen LogP contribution in [0.25, 0.3) is 0 Å². The summed E-state index contributed by atoms with van der Waals surface area (Å²) in [6, 6.07) is 8.33. The Morgan fingerprint density at radius 1 is 1.05 bits per heavy atom. The first kappa shape index (κ1) is 21.7. The van der Waals surface area contributed by atoms with E-state index in [0.29, 0.717) is 15.1 Å². The monoisotopic (exact) mass is 374 g/mol. The van der Waals surface area contributed by atoms with Crippen LogP contribution >= 0.6 is 46.4 Å². The van der Waals surface area contributed by atoms with Crippen molar-refractivity contribution in [2.75, 3.05) is 0 Å². The molecule has 0 fully saturated rings. The number of benzene rings is 1. The van der Waals surface area contributed by atoms with Crippen LogP contribution in [-0.2, 0) is 0 Å². The van der Waals surface area contributed by atoms with Gasteiger partial charge in [0.1, 0.15) is 0 Å². The van der Waals surface area contributed by atoms with Crippen LogP contribution in [-0.4, -0.2) is 4.87 Å². The molecule has 0 amide bonds. The van der Waals surface area contributed by atoms with Crippen molar-refractivity contribution < 1.29 is 34.7 Å². The van der Waals surface area contributed by atoms with E-state index in [0.717, 1.165) is 5.57 Å². The molecule has 1 aromatic rings. The largest absolute Gasteiger partial charge is 1.00 e. The van der Waals surface area contributed by atoms with Crippen LogP contribution in [0.2, 0.25) is 0 Å². The van der Waals surface area contributed by atoms with Crippen molar-refractivity contribution in [1.82, 2.24) is 0 Å². The summed E-state index contributed by atoms with van der Waals surface area (Å²) in [5.74, 6) is 0.166. The summed E-state index contributed by atoms with van der Waals surface area (Å²) >= 11 is 24.2. The summed E-state index contributed by atoms with van der Waals surface area (Å²) in [5, 5.41) is 11.6. The average Bonchev–Trinajstić information content (AvgIpc) is 2.43. The molecule has 1 aromatic carbocycles. The van der Waals surface area contributed by atoms with Crippen molar-refractivity contribution in [1.29, 1.82) is 0 Å². The number of alkyl halides is 1. The van der Waals surface area contributed by atoms with Gasteiger partial charge in [0.2, 0.25) is 0 Å². The van der Waals surface area contributed by atoms with Crippen LogP contribution in [0, 0.1) is 5.92 Å². The summed E-state index contributed by atoms with van der Waals surface area (Å²) in [4.78, 5) is -0.638. The van der Waals surface area contributed by atoms with Gasteiger partial charge in [-0.2, -0.15) is 0 Å². The zero-order valence-corrected chi connectivity index (χ0v) is 17.4. The van der Waals surface area contributed by atoms with Gasteiger partial charge in [0, 0.05) is 5.92 Å². The molecule has 0 aromatic heterocycles. The number of hydrogen-bond acceptors (Lipinski definition) is 1. The molecule has 6 heteroatoms. The van der Waals surface area contributed by atoms with Crippen LogP contribution in [0.4, 0.5) is 0 Å². The maximum Gasteiger partial charge on any atom is 1.00 e. The van der Waals surface area contributed by atoms with Crippen LogP contribution in [0.1, 0.15) is 20.8 Å². The van der Waals surface area contributed by atoms with Crippen molar-refractivity contribution in [3.8, 4) is 5.75 Å². The van der Waals surface area contributed by atoms with E-state index < -0.39 is 4.87 Å². The predicted octanol–water partition coefficient (Wildman–Crippen LogP) is 2.60. The third-order valence-electron chi connectivity index (χ3n) is 3.37. The normalized spacial score (nSPS) is 25.0. The van der Waals surface area contributed by atoms with Gasteiger partial charge in [0.05, 0.1) is 20.0 Å². The molecule has 0 radical (unpaired) electrons. The molecule has 110 valence electrons. The molecule has 1 aliphatic rings. The molecule has 1 aliphatic carbocycles. The molecule has 2 rings (SSSR count). The fourth-order valence-corrected chi connectivity index (χ4v) is 2.91. The maximum atomic E-state index is 10.3. The molecule has 2 atom stereocenters. The summed E-state index contributed by atoms with van der Waals surface area (Å²) in [5.41, 5.74) is 0.980. The van der Waals surface area contributed by atoms with E-state index >= 15 is 0 Å². The smallest absolute Gasteiger partial charge is 0.872 e. The molecule has 0 saturated carbocycles. The first-order valence-corrected chi connectivity index (χ1v) is 7.54. The standard InChI is InChI=1S/C9H10Cl4.C6H6O.Na/c1-4-5(2)9(3,13)8(12)7(11)6(4)10;7-6-4-2-1-3-5-6;/h5H,1-3H3;1-5,7H;/q;;+1/p-1. The van der Waals surface area contributed by atoms with E-state index in [2.05, 4.69) is 0 Å². The van der Waals surface area contributed by atoms with Gasteiger partial charge in [-0.15, -0.1) is 17.4 Å². The molecule has 0 spiro atoms. The maximum absolute atomic E-state index is 10.3. The Balaban J connectivity index is 0.000000425. The zero-order chi connectivity index (χ0) is 15.5. The van der Waals surface area contributed by atoms with Crippen molar-refractivity contribution in [2.24, 2.45) is 5.92 Å². The Morgan fingerprint density at radius 2 is 1.52 bits per heavy atom. The van der Waals surface area contributed by atoms with Gasteiger partial charge in [-0.1, -0.05) is 72.1 Å². The van der Waals surface area contributed by atoms with E-state index in [1.165, 1.54) is 12.1 Å². The Bertz CT molecular complexity index is 538. The van der Waals surface area contributed by atoms with Gasteiger partial charge in [-0.3, -0.25) is 0 Å². The van der Waals surface area contributed by atoms with Crippen molar-refractivity contribution in [3.05, 3.63) is 51.0 Å². The van der Waals surface area contributed by atoms with Gasteiger partial charge < -0.3 is 5.11 Å². The summed E-state index contributed by atoms with van der Waals surface area (Å²) in [6.07, 6.45) is 0. The average molecular weight is 376 g/mol. The van der Waals surface area contributed by atoms with Gasteiger partial charge in [-0.25, -0.2) is 0 Å². The van der Waals surface area contributed by atoms with E-state index in [9.17, 15) is 5.11 Å². The van der Waals surface area contributed by atoms with Crippen molar-refractivity contribution in [3.63, 3.8) is 0 Å². The van der Waals surface area contributed by atoms with Crippen LogP contribution in [0.15, 0.2) is 51.0 Å². The third kappa shape index (κ3) is 5.35. The predicted molar refractivity (Wildman–Crippen MR) is 86.6 cm³/mol. The van der Waals surface area contributed by atoms with Gasteiger partial charge in [0.25, 0.3) is 0 Å². The molecular formula is C15H15Cl4NaO. The number of halogens is 4. The molecule has 0 bridgehead atoms. The van der Waals surface area contributed by atoms with Crippen LogP contribution in [0.5, 0.6) is 5.75 Å². The minimum absolute atomic E-state index is 0. The van der Waals surface area contributed by atoms with E-state index in [1.807, 2.05) is 26.8 Å². The SMILES string of the molecule is CC1=C(Cl)C(Cl)=C(Cl)C(C)(Cl)C1C.[Na+].[O-]c1ccccc1. The molecular weight excluding hydrogens is 361 g/mol. The summed E-state index contributed by atoms with van der Waals surface area (Å²) in [7, 11) is 0.